The van der Waals surface area contributed by atoms with Gasteiger partial charge in [0.1, 0.15) is 0 Å². The molecule has 2 aromatic carbocycles. The molecule has 4 nitrogen and oxygen atoms in total. The molecule has 0 aliphatic carbocycles. The van der Waals surface area contributed by atoms with Crippen LogP contribution in [0.1, 0.15) is 10.4 Å². The third kappa shape index (κ3) is 3.10. The van der Waals surface area contributed by atoms with Crippen molar-refractivity contribution in [1.29, 1.82) is 0 Å². The summed E-state index contributed by atoms with van der Waals surface area (Å²) in [6.07, 6.45) is 0. The topological polar surface area (TPSA) is 68.0 Å². The van der Waals surface area contributed by atoms with E-state index in [1.165, 1.54) is 11.3 Å². The van der Waals surface area contributed by atoms with Crippen molar-refractivity contribution in [2.75, 3.05) is 11.1 Å². The van der Waals surface area contributed by atoms with E-state index in [0.717, 1.165) is 11.3 Å². The molecule has 110 valence electrons. The molecular weight excluding hydrogens is 318 g/mol. The molecule has 0 radical (unpaired) electrons. The van der Waals surface area contributed by atoms with E-state index >= 15 is 0 Å². The number of carbonyl (C=O) groups is 1. The van der Waals surface area contributed by atoms with Crippen molar-refractivity contribution in [1.82, 2.24) is 4.98 Å². The van der Waals surface area contributed by atoms with Gasteiger partial charge in [-0.1, -0.05) is 35.9 Å². The number of anilines is 2. The smallest absolute Gasteiger partial charge is 0.255 e. The summed E-state index contributed by atoms with van der Waals surface area (Å²) in [6.45, 7) is 0. The van der Waals surface area contributed by atoms with Gasteiger partial charge in [-0.05, 0) is 24.3 Å². The molecule has 6 heteroatoms. The van der Waals surface area contributed by atoms with Gasteiger partial charge in [0.25, 0.3) is 5.91 Å². The van der Waals surface area contributed by atoms with Crippen LogP contribution >= 0.6 is 22.9 Å². The van der Waals surface area contributed by atoms with Crippen LogP contribution < -0.4 is 11.1 Å². The minimum Gasteiger partial charge on any atom is -0.375 e. The highest BCUT2D eigenvalue weighted by atomic mass is 35.5. The molecule has 1 aromatic heterocycles. The zero-order valence-electron chi connectivity index (χ0n) is 11.4. The first-order chi connectivity index (χ1) is 10.6. The zero-order chi connectivity index (χ0) is 15.5. The van der Waals surface area contributed by atoms with Crippen LogP contribution in [0, 0.1) is 0 Å². The van der Waals surface area contributed by atoms with Crippen molar-refractivity contribution in [3.05, 3.63) is 64.5 Å². The number of hydrogen-bond acceptors (Lipinski definition) is 4. The molecule has 0 saturated carbocycles. The van der Waals surface area contributed by atoms with Crippen LogP contribution in [0.25, 0.3) is 11.3 Å². The highest BCUT2D eigenvalue weighted by molar-refractivity contribution is 7.13. The number of aromatic nitrogens is 1. The Labute approximate surface area is 136 Å². The number of nitrogen functional groups attached to an aromatic ring is 1. The van der Waals surface area contributed by atoms with Crippen molar-refractivity contribution in [3.63, 3.8) is 0 Å². The van der Waals surface area contributed by atoms with E-state index in [-0.39, 0.29) is 5.91 Å². The van der Waals surface area contributed by atoms with Crippen LogP contribution in [0.2, 0.25) is 5.02 Å². The molecule has 0 aliphatic rings. The summed E-state index contributed by atoms with van der Waals surface area (Å²) in [5, 5.41) is 5.76. The zero-order valence-corrected chi connectivity index (χ0v) is 13.0. The minimum absolute atomic E-state index is 0.224. The van der Waals surface area contributed by atoms with Crippen molar-refractivity contribution in [2.24, 2.45) is 0 Å². The lowest BCUT2D eigenvalue weighted by Gasteiger charge is -2.09. The van der Waals surface area contributed by atoms with Crippen LogP contribution in [-0.2, 0) is 0 Å². The highest BCUT2D eigenvalue weighted by Crippen LogP contribution is 2.30. The Morgan fingerprint density at radius 1 is 1.18 bits per heavy atom. The third-order valence-electron chi connectivity index (χ3n) is 3.06. The molecule has 22 heavy (non-hydrogen) atoms. The number of nitrogens with zero attached hydrogens (tertiary/aromatic N) is 1. The van der Waals surface area contributed by atoms with E-state index in [2.05, 4.69) is 10.3 Å². The van der Waals surface area contributed by atoms with Crippen molar-refractivity contribution in [2.45, 2.75) is 0 Å². The normalized spacial score (nSPS) is 10.4. The number of halogens is 1. The highest BCUT2D eigenvalue weighted by Gasteiger charge is 2.12. The summed E-state index contributed by atoms with van der Waals surface area (Å²) in [5.74, 6) is -0.224. The lowest BCUT2D eigenvalue weighted by Crippen LogP contribution is -2.12. The average Bonchev–Trinajstić information content (AvgIpc) is 2.94. The van der Waals surface area contributed by atoms with Crippen LogP contribution in [-0.4, -0.2) is 10.9 Å². The Morgan fingerprint density at radius 2 is 2.00 bits per heavy atom. The summed E-state index contributed by atoms with van der Waals surface area (Å²) in [5.41, 5.74) is 8.42. The molecule has 3 aromatic rings. The van der Waals surface area contributed by atoms with Gasteiger partial charge in [0, 0.05) is 21.5 Å². The molecule has 0 atom stereocenters. The summed E-state index contributed by atoms with van der Waals surface area (Å²) < 4.78 is 0. The van der Waals surface area contributed by atoms with Gasteiger partial charge in [0.15, 0.2) is 5.13 Å². The molecular formula is C16H12ClN3OS. The van der Waals surface area contributed by atoms with E-state index in [9.17, 15) is 4.79 Å². The Kier molecular flexibility index (Phi) is 4.09. The Hall–Kier alpha value is -2.37. The monoisotopic (exact) mass is 329 g/mol. The third-order valence-corrected chi connectivity index (χ3v) is 3.97. The van der Waals surface area contributed by atoms with Gasteiger partial charge in [-0.25, -0.2) is 4.98 Å². The number of hydrogen-bond donors (Lipinski definition) is 2. The summed E-state index contributed by atoms with van der Waals surface area (Å²) in [7, 11) is 0. The summed E-state index contributed by atoms with van der Waals surface area (Å²) in [4.78, 5) is 16.6. The number of nitrogens with one attached hydrogen (secondary N) is 1. The van der Waals surface area contributed by atoms with E-state index in [1.54, 1.807) is 24.3 Å². The molecule has 0 fully saturated rings. The predicted molar refractivity (Wildman–Crippen MR) is 91.4 cm³/mol. The second kappa shape index (κ2) is 6.17. The van der Waals surface area contributed by atoms with Crippen molar-refractivity contribution >= 4 is 39.7 Å². The largest absolute Gasteiger partial charge is 0.375 e. The van der Waals surface area contributed by atoms with Gasteiger partial charge < -0.3 is 11.1 Å². The summed E-state index contributed by atoms with van der Waals surface area (Å²) >= 11 is 7.28. The molecule has 1 heterocycles. The van der Waals surface area contributed by atoms with Crippen molar-refractivity contribution < 1.29 is 4.79 Å². The fourth-order valence-electron chi connectivity index (χ4n) is 2.05. The SMILES string of the molecule is Nc1nc(-c2ccccc2NC(=O)c2cccc(Cl)c2)cs1. The number of rotatable bonds is 3. The first kappa shape index (κ1) is 14.6. The van der Waals surface area contributed by atoms with E-state index < -0.39 is 0 Å². The van der Waals surface area contributed by atoms with Gasteiger partial charge in [-0.2, -0.15) is 0 Å². The second-order valence-electron chi connectivity index (χ2n) is 4.58. The maximum absolute atomic E-state index is 12.3. The van der Waals surface area contributed by atoms with E-state index in [0.29, 0.717) is 21.4 Å². The maximum atomic E-state index is 12.3. The summed E-state index contributed by atoms with van der Waals surface area (Å²) in [6, 6.07) is 14.3. The molecule has 0 unspecified atom stereocenters. The van der Waals surface area contributed by atoms with Gasteiger partial charge in [-0.3, -0.25) is 4.79 Å². The van der Waals surface area contributed by atoms with Crippen LogP contribution in [0.3, 0.4) is 0 Å². The molecule has 0 spiro atoms. The lowest BCUT2D eigenvalue weighted by atomic mass is 10.1. The van der Waals surface area contributed by atoms with Crippen LogP contribution in [0.4, 0.5) is 10.8 Å². The first-order valence-electron chi connectivity index (χ1n) is 6.51. The standard InChI is InChI=1S/C16H12ClN3OS/c17-11-5-3-4-10(8-11)15(21)19-13-7-2-1-6-12(13)14-9-22-16(18)20-14/h1-9H,(H2,18,20)(H,19,21). The number of amides is 1. The first-order valence-corrected chi connectivity index (χ1v) is 7.76. The molecule has 0 saturated heterocycles. The number of carbonyl (C=O) groups excluding carboxylic acids is 1. The van der Waals surface area contributed by atoms with Gasteiger partial charge in [-0.15, -0.1) is 11.3 Å². The minimum atomic E-state index is -0.224. The molecule has 1 amide bonds. The number of benzene rings is 2. The molecule has 3 N–H and O–H groups in total. The van der Waals surface area contributed by atoms with Crippen molar-refractivity contribution in [3.8, 4) is 11.3 Å². The maximum Gasteiger partial charge on any atom is 0.255 e. The fraction of sp³-hybridized carbons (Fsp3) is 0. The quantitative estimate of drug-likeness (QED) is 0.752. The van der Waals surface area contributed by atoms with E-state index in [1.807, 2.05) is 29.6 Å². The number of nitrogens with two attached hydrogens (primary N) is 1. The molecule has 3 rings (SSSR count). The predicted octanol–water partition coefficient (Wildman–Crippen LogP) is 4.30. The van der Waals surface area contributed by atoms with Gasteiger partial charge in [0.05, 0.1) is 11.4 Å². The Morgan fingerprint density at radius 3 is 2.73 bits per heavy atom. The molecule has 0 aliphatic heterocycles. The molecule has 0 bridgehead atoms. The average molecular weight is 330 g/mol. The lowest BCUT2D eigenvalue weighted by molar-refractivity contribution is 0.102. The van der Waals surface area contributed by atoms with Gasteiger partial charge >= 0.3 is 0 Å². The Balaban J connectivity index is 1.91. The number of thiazole rings is 1. The second-order valence-corrected chi connectivity index (χ2v) is 5.91. The Bertz CT molecular complexity index is 832. The van der Waals surface area contributed by atoms with Crippen LogP contribution in [0.5, 0.6) is 0 Å². The number of para-hydroxylation sites is 1. The van der Waals surface area contributed by atoms with E-state index in [4.69, 9.17) is 17.3 Å². The van der Waals surface area contributed by atoms with Gasteiger partial charge in [0.2, 0.25) is 0 Å². The fourth-order valence-corrected chi connectivity index (χ4v) is 2.80. The van der Waals surface area contributed by atoms with Crippen LogP contribution in [0.15, 0.2) is 53.9 Å².